The van der Waals surface area contributed by atoms with E-state index < -0.39 is 0 Å². The van der Waals surface area contributed by atoms with Crippen LogP contribution >= 0.6 is 11.6 Å². The van der Waals surface area contributed by atoms with Crippen LogP contribution in [0.25, 0.3) is 0 Å². The number of hydrogen-bond acceptors (Lipinski definition) is 2. The zero-order chi connectivity index (χ0) is 14.5. The van der Waals surface area contributed by atoms with E-state index in [0.29, 0.717) is 16.8 Å². The van der Waals surface area contributed by atoms with Crippen LogP contribution in [0, 0.1) is 6.92 Å². The fourth-order valence-electron chi connectivity index (χ4n) is 2.15. The van der Waals surface area contributed by atoms with E-state index in [1.165, 1.54) is 11.1 Å². The van der Waals surface area contributed by atoms with Crippen LogP contribution in [0.15, 0.2) is 42.5 Å². The van der Waals surface area contributed by atoms with Crippen LogP contribution in [-0.4, -0.2) is 7.11 Å². The molecule has 2 aromatic carbocycles. The summed E-state index contributed by atoms with van der Waals surface area (Å²) in [6, 6.07) is 14.7. The van der Waals surface area contributed by atoms with E-state index in [1.807, 2.05) is 18.2 Å². The van der Waals surface area contributed by atoms with Crippen molar-refractivity contribution in [2.45, 2.75) is 26.4 Å². The minimum Gasteiger partial charge on any atom is -0.495 e. The van der Waals surface area contributed by atoms with Gasteiger partial charge < -0.3 is 10.1 Å². The average Bonchev–Trinajstić information content (AvgIpc) is 2.45. The summed E-state index contributed by atoms with van der Waals surface area (Å²) in [4.78, 5) is 0. The van der Waals surface area contributed by atoms with Crippen LogP contribution in [0.5, 0.6) is 5.75 Å². The molecule has 1 N–H and O–H groups in total. The molecule has 0 aromatic heterocycles. The molecule has 0 amide bonds. The predicted molar refractivity (Wildman–Crippen MR) is 84.4 cm³/mol. The Morgan fingerprint density at radius 3 is 2.65 bits per heavy atom. The first-order valence-corrected chi connectivity index (χ1v) is 7.10. The molecule has 0 aliphatic heterocycles. The Balaban J connectivity index is 1.99. The predicted octanol–water partition coefficient (Wildman–Crippen LogP) is 4.51. The second kappa shape index (κ2) is 6.78. The molecule has 0 unspecified atom stereocenters. The Hall–Kier alpha value is -1.51. The van der Waals surface area contributed by atoms with Crippen LogP contribution < -0.4 is 10.1 Å². The highest BCUT2D eigenvalue weighted by Crippen LogP contribution is 2.25. The van der Waals surface area contributed by atoms with Crippen molar-refractivity contribution in [1.29, 1.82) is 0 Å². The third-order valence-electron chi connectivity index (χ3n) is 3.37. The van der Waals surface area contributed by atoms with Gasteiger partial charge in [0.2, 0.25) is 0 Å². The van der Waals surface area contributed by atoms with E-state index >= 15 is 0 Å². The van der Waals surface area contributed by atoms with Crippen molar-refractivity contribution in [3.05, 3.63) is 64.2 Å². The SMILES string of the molecule is COc1ccc(CN[C@@H](C)c2cccc(C)c2)cc1Cl. The topological polar surface area (TPSA) is 21.3 Å². The highest BCUT2D eigenvalue weighted by Gasteiger charge is 2.06. The summed E-state index contributed by atoms with van der Waals surface area (Å²) < 4.78 is 5.16. The summed E-state index contributed by atoms with van der Waals surface area (Å²) in [6.45, 7) is 5.05. The molecule has 1 atom stereocenters. The van der Waals surface area contributed by atoms with E-state index in [0.717, 1.165) is 12.1 Å². The van der Waals surface area contributed by atoms with Gasteiger partial charge in [-0.2, -0.15) is 0 Å². The highest BCUT2D eigenvalue weighted by molar-refractivity contribution is 6.32. The number of ether oxygens (including phenoxy) is 1. The second-order valence-corrected chi connectivity index (χ2v) is 5.39. The maximum atomic E-state index is 6.13. The third-order valence-corrected chi connectivity index (χ3v) is 3.67. The zero-order valence-electron chi connectivity index (χ0n) is 12.1. The van der Waals surface area contributed by atoms with Gasteiger partial charge in [0.1, 0.15) is 5.75 Å². The van der Waals surface area contributed by atoms with Crippen molar-refractivity contribution in [1.82, 2.24) is 5.32 Å². The van der Waals surface area contributed by atoms with Crippen molar-refractivity contribution in [2.24, 2.45) is 0 Å². The van der Waals surface area contributed by atoms with Crippen molar-refractivity contribution < 1.29 is 4.74 Å². The van der Waals surface area contributed by atoms with Gasteiger partial charge in [-0.05, 0) is 37.1 Å². The highest BCUT2D eigenvalue weighted by atomic mass is 35.5. The number of hydrogen-bond donors (Lipinski definition) is 1. The summed E-state index contributed by atoms with van der Waals surface area (Å²) in [5.41, 5.74) is 3.73. The maximum Gasteiger partial charge on any atom is 0.137 e. The van der Waals surface area contributed by atoms with Gasteiger partial charge in [0.25, 0.3) is 0 Å². The first-order valence-electron chi connectivity index (χ1n) is 6.72. The molecule has 2 rings (SSSR count). The molecule has 2 aromatic rings. The standard InChI is InChI=1S/C17H20ClNO/c1-12-5-4-6-15(9-12)13(2)19-11-14-7-8-17(20-3)16(18)10-14/h4-10,13,19H,11H2,1-3H3/t13-/m0/s1. The molecular weight excluding hydrogens is 270 g/mol. The minimum atomic E-state index is 0.302. The van der Waals surface area contributed by atoms with Gasteiger partial charge in [0.05, 0.1) is 12.1 Å². The summed E-state index contributed by atoms with van der Waals surface area (Å²) in [7, 11) is 1.62. The largest absolute Gasteiger partial charge is 0.495 e. The van der Waals surface area contributed by atoms with Gasteiger partial charge in [-0.25, -0.2) is 0 Å². The summed E-state index contributed by atoms with van der Waals surface area (Å²) in [5.74, 6) is 0.710. The van der Waals surface area contributed by atoms with E-state index in [4.69, 9.17) is 16.3 Å². The van der Waals surface area contributed by atoms with Gasteiger partial charge >= 0.3 is 0 Å². The molecule has 0 saturated carbocycles. The van der Waals surface area contributed by atoms with Crippen LogP contribution in [0.2, 0.25) is 5.02 Å². The Morgan fingerprint density at radius 1 is 1.20 bits per heavy atom. The molecule has 106 valence electrons. The number of benzene rings is 2. The minimum absolute atomic E-state index is 0.302. The number of halogens is 1. The summed E-state index contributed by atoms with van der Waals surface area (Å²) in [5, 5.41) is 4.16. The van der Waals surface area contributed by atoms with Crippen molar-refractivity contribution in [3.8, 4) is 5.75 Å². The van der Waals surface area contributed by atoms with E-state index in [1.54, 1.807) is 7.11 Å². The van der Waals surface area contributed by atoms with Gasteiger partial charge in [0, 0.05) is 12.6 Å². The first-order chi connectivity index (χ1) is 9.60. The lowest BCUT2D eigenvalue weighted by Crippen LogP contribution is -2.18. The lowest BCUT2D eigenvalue weighted by molar-refractivity contribution is 0.414. The van der Waals surface area contributed by atoms with Gasteiger partial charge in [-0.1, -0.05) is 47.5 Å². The molecule has 3 heteroatoms. The number of nitrogens with one attached hydrogen (secondary N) is 1. The Kier molecular flexibility index (Phi) is 5.05. The molecule has 0 fully saturated rings. The van der Waals surface area contributed by atoms with Crippen LogP contribution in [0.3, 0.4) is 0 Å². The first kappa shape index (κ1) is 14.9. The normalized spacial score (nSPS) is 12.2. The second-order valence-electron chi connectivity index (χ2n) is 4.99. The van der Waals surface area contributed by atoms with E-state index in [-0.39, 0.29) is 0 Å². The maximum absolute atomic E-state index is 6.13. The number of rotatable bonds is 5. The van der Waals surface area contributed by atoms with Crippen LogP contribution in [0.1, 0.15) is 29.7 Å². The van der Waals surface area contributed by atoms with Gasteiger partial charge in [-0.15, -0.1) is 0 Å². The fraction of sp³-hybridized carbons (Fsp3) is 0.294. The monoisotopic (exact) mass is 289 g/mol. The molecule has 0 heterocycles. The van der Waals surface area contributed by atoms with Crippen molar-refractivity contribution >= 4 is 11.6 Å². The fourth-order valence-corrected chi connectivity index (χ4v) is 2.43. The van der Waals surface area contributed by atoms with Gasteiger partial charge in [0.15, 0.2) is 0 Å². The zero-order valence-corrected chi connectivity index (χ0v) is 12.9. The smallest absolute Gasteiger partial charge is 0.137 e. The number of aryl methyl sites for hydroxylation is 1. The Morgan fingerprint density at radius 2 is 2.00 bits per heavy atom. The molecule has 0 radical (unpaired) electrons. The molecule has 2 nitrogen and oxygen atoms in total. The lowest BCUT2D eigenvalue weighted by Gasteiger charge is -2.15. The quantitative estimate of drug-likeness (QED) is 0.874. The average molecular weight is 290 g/mol. The lowest BCUT2D eigenvalue weighted by atomic mass is 10.1. The number of methoxy groups -OCH3 is 1. The molecule has 0 spiro atoms. The Labute approximate surface area is 125 Å². The van der Waals surface area contributed by atoms with Gasteiger partial charge in [-0.3, -0.25) is 0 Å². The molecule has 0 bridgehead atoms. The molecule has 0 aliphatic rings. The van der Waals surface area contributed by atoms with E-state index in [2.05, 4.69) is 43.4 Å². The molecular formula is C17H20ClNO. The molecule has 20 heavy (non-hydrogen) atoms. The summed E-state index contributed by atoms with van der Waals surface area (Å²) >= 11 is 6.13. The molecule has 0 aliphatic carbocycles. The van der Waals surface area contributed by atoms with Crippen molar-refractivity contribution in [2.75, 3.05) is 7.11 Å². The third kappa shape index (κ3) is 3.75. The van der Waals surface area contributed by atoms with E-state index in [9.17, 15) is 0 Å². The summed E-state index contributed by atoms with van der Waals surface area (Å²) in [6.07, 6.45) is 0. The van der Waals surface area contributed by atoms with Crippen LogP contribution in [-0.2, 0) is 6.54 Å². The molecule has 0 saturated heterocycles. The Bertz CT molecular complexity index is 583. The van der Waals surface area contributed by atoms with Crippen LogP contribution in [0.4, 0.5) is 0 Å². The van der Waals surface area contributed by atoms with Crippen molar-refractivity contribution in [3.63, 3.8) is 0 Å².